The molecule has 0 aliphatic rings. The number of hydrogen-bond acceptors (Lipinski definition) is 3. The van der Waals surface area contributed by atoms with Crippen molar-refractivity contribution in [2.45, 2.75) is 13.3 Å². The van der Waals surface area contributed by atoms with Crippen molar-refractivity contribution in [3.05, 3.63) is 34.1 Å². The average Bonchev–Trinajstić information content (AvgIpc) is 2.23. The molecule has 0 bridgehead atoms. The lowest BCUT2D eigenvalue weighted by molar-refractivity contribution is -0.142. The molecule has 3 nitrogen and oxygen atoms in total. The Kier molecular flexibility index (Phi) is 4.43. The van der Waals surface area contributed by atoms with Gasteiger partial charge in [-0.05, 0) is 24.6 Å². The summed E-state index contributed by atoms with van der Waals surface area (Å²) in [5.41, 5.74) is 0.467. The lowest BCUT2D eigenvalue weighted by Gasteiger charge is -2.06. The molecule has 0 unspecified atom stereocenters. The van der Waals surface area contributed by atoms with Crippen molar-refractivity contribution in [1.29, 1.82) is 0 Å². The molecule has 0 radical (unpaired) electrons. The predicted octanol–water partition coefficient (Wildman–Crippen LogP) is 2.40. The molecule has 0 amide bonds. The van der Waals surface area contributed by atoms with Crippen LogP contribution in [0.4, 0.5) is 4.39 Å². The van der Waals surface area contributed by atoms with Crippen LogP contribution >= 0.6 is 11.6 Å². The van der Waals surface area contributed by atoms with Crippen LogP contribution in [0.3, 0.4) is 0 Å². The highest BCUT2D eigenvalue weighted by molar-refractivity contribution is 6.30. The van der Waals surface area contributed by atoms with Crippen LogP contribution in [0.5, 0.6) is 0 Å². The van der Waals surface area contributed by atoms with Crippen molar-refractivity contribution in [2.24, 2.45) is 0 Å². The maximum atomic E-state index is 13.0. The van der Waals surface area contributed by atoms with Gasteiger partial charge in [-0.15, -0.1) is 0 Å². The number of carbonyl (C=O) groups excluding carboxylic acids is 2. The summed E-state index contributed by atoms with van der Waals surface area (Å²) in [5, 5.41) is -0.120. The zero-order valence-corrected chi connectivity index (χ0v) is 9.38. The van der Waals surface area contributed by atoms with Gasteiger partial charge in [0, 0.05) is 5.56 Å². The van der Waals surface area contributed by atoms with Crippen molar-refractivity contribution >= 4 is 23.9 Å². The van der Waals surface area contributed by atoms with E-state index < -0.39 is 11.8 Å². The fourth-order valence-corrected chi connectivity index (χ4v) is 1.42. The van der Waals surface area contributed by atoms with Crippen LogP contribution in [0.25, 0.3) is 0 Å². The summed E-state index contributed by atoms with van der Waals surface area (Å²) in [5.74, 6) is -1.16. The summed E-state index contributed by atoms with van der Waals surface area (Å²) in [6.45, 7) is 1.93. The second-order valence-electron chi connectivity index (χ2n) is 3.06. The smallest absolute Gasteiger partial charge is 0.310 e. The standard InChI is InChI=1S/C11H10ClFO3/c1-2-16-11(15)5-7-3-9(12)10(13)4-8(7)6-14/h3-4,6H,2,5H2,1H3. The van der Waals surface area contributed by atoms with Gasteiger partial charge in [0.2, 0.25) is 0 Å². The van der Waals surface area contributed by atoms with Crippen molar-refractivity contribution in [3.63, 3.8) is 0 Å². The molecule has 86 valence electrons. The minimum absolute atomic E-state index is 0.0953. The Hall–Kier alpha value is -1.42. The Labute approximate surface area is 97.2 Å². The van der Waals surface area contributed by atoms with Crippen LogP contribution in [-0.2, 0) is 16.0 Å². The minimum atomic E-state index is -0.684. The van der Waals surface area contributed by atoms with E-state index in [1.54, 1.807) is 6.92 Å². The van der Waals surface area contributed by atoms with Crippen LogP contribution in [0.15, 0.2) is 12.1 Å². The predicted molar refractivity (Wildman–Crippen MR) is 57.1 cm³/mol. The first-order valence-corrected chi connectivity index (χ1v) is 5.05. The normalized spacial score (nSPS) is 9.94. The van der Waals surface area contributed by atoms with Crippen molar-refractivity contribution in [1.82, 2.24) is 0 Å². The number of carbonyl (C=O) groups is 2. The molecule has 0 atom stereocenters. The van der Waals surface area contributed by atoms with E-state index in [9.17, 15) is 14.0 Å². The number of rotatable bonds is 4. The molecule has 0 aliphatic carbocycles. The highest BCUT2D eigenvalue weighted by Crippen LogP contribution is 2.20. The largest absolute Gasteiger partial charge is 0.466 e. The Morgan fingerprint density at radius 3 is 2.81 bits per heavy atom. The first-order valence-electron chi connectivity index (χ1n) is 4.67. The van der Waals surface area contributed by atoms with Gasteiger partial charge in [-0.25, -0.2) is 4.39 Å². The van der Waals surface area contributed by atoms with Gasteiger partial charge in [-0.3, -0.25) is 9.59 Å². The molecule has 0 heterocycles. The van der Waals surface area contributed by atoms with Gasteiger partial charge < -0.3 is 4.74 Å². The Bertz CT molecular complexity index is 418. The molecule has 1 aromatic carbocycles. The molecule has 1 aromatic rings. The summed E-state index contributed by atoms with van der Waals surface area (Å²) in [7, 11) is 0. The number of ether oxygens (including phenoxy) is 1. The summed E-state index contributed by atoms with van der Waals surface area (Å²) >= 11 is 5.56. The van der Waals surface area contributed by atoms with E-state index in [1.165, 1.54) is 6.07 Å². The van der Waals surface area contributed by atoms with Crippen LogP contribution in [0.1, 0.15) is 22.8 Å². The fraction of sp³-hybridized carbons (Fsp3) is 0.273. The molecule has 0 aromatic heterocycles. The third kappa shape index (κ3) is 3.03. The van der Waals surface area contributed by atoms with Crippen LogP contribution in [0.2, 0.25) is 5.02 Å². The number of halogens is 2. The molecule has 0 spiro atoms. The maximum absolute atomic E-state index is 13.0. The van der Waals surface area contributed by atoms with Gasteiger partial charge in [-0.2, -0.15) is 0 Å². The summed E-state index contributed by atoms with van der Waals surface area (Å²) in [6, 6.07) is 2.27. The van der Waals surface area contributed by atoms with Gasteiger partial charge in [-0.1, -0.05) is 11.6 Å². The molecule has 0 saturated carbocycles. The van der Waals surface area contributed by atoms with Gasteiger partial charge in [0.15, 0.2) is 0 Å². The number of hydrogen-bond donors (Lipinski definition) is 0. The van der Waals surface area contributed by atoms with E-state index in [1.807, 2.05) is 0 Å². The van der Waals surface area contributed by atoms with E-state index in [0.29, 0.717) is 11.8 Å². The molecule has 0 fully saturated rings. The first kappa shape index (κ1) is 12.6. The van der Waals surface area contributed by atoms with Gasteiger partial charge in [0.05, 0.1) is 18.1 Å². The number of benzene rings is 1. The molecular weight excluding hydrogens is 235 g/mol. The fourth-order valence-electron chi connectivity index (χ4n) is 1.23. The van der Waals surface area contributed by atoms with Crippen LogP contribution in [-0.4, -0.2) is 18.9 Å². The highest BCUT2D eigenvalue weighted by atomic mass is 35.5. The molecule has 0 saturated heterocycles. The molecule has 0 N–H and O–H groups in total. The zero-order valence-electron chi connectivity index (χ0n) is 8.63. The molecule has 5 heteroatoms. The molecular formula is C11H10ClFO3. The van der Waals surface area contributed by atoms with E-state index in [4.69, 9.17) is 16.3 Å². The zero-order chi connectivity index (χ0) is 12.1. The van der Waals surface area contributed by atoms with Crippen molar-refractivity contribution < 1.29 is 18.7 Å². The summed E-state index contributed by atoms with van der Waals surface area (Å²) < 4.78 is 17.7. The first-order chi connectivity index (χ1) is 7.58. The number of aldehydes is 1. The Morgan fingerprint density at radius 1 is 1.56 bits per heavy atom. The Morgan fingerprint density at radius 2 is 2.25 bits per heavy atom. The van der Waals surface area contributed by atoms with Gasteiger partial charge in [0.25, 0.3) is 0 Å². The van der Waals surface area contributed by atoms with E-state index in [0.717, 1.165) is 6.07 Å². The van der Waals surface area contributed by atoms with E-state index in [-0.39, 0.29) is 23.6 Å². The van der Waals surface area contributed by atoms with E-state index >= 15 is 0 Å². The highest BCUT2D eigenvalue weighted by Gasteiger charge is 2.12. The monoisotopic (exact) mass is 244 g/mol. The SMILES string of the molecule is CCOC(=O)Cc1cc(Cl)c(F)cc1C=O. The minimum Gasteiger partial charge on any atom is -0.466 e. The van der Waals surface area contributed by atoms with Crippen molar-refractivity contribution in [3.8, 4) is 0 Å². The van der Waals surface area contributed by atoms with Crippen LogP contribution in [0, 0.1) is 5.82 Å². The van der Waals surface area contributed by atoms with E-state index in [2.05, 4.69) is 0 Å². The second-order valence-corrected chi connectivity index (χ2v) is 3.47. The maximum Gasteiger partial charge on any atom is 0.310 e. The quantitative estimate of drug-likeness (QED) is 0.603. The van der Waals surface area contributed by atoms with Crippen LogP contribution < -0.4 is 0 Å². The molecule has 1 rings (SSSR count). The molecule has 0 aliphatic heterocycles. The second kappa shape index (κ2) is 5.61. The lowest BCUT2D eigenvalue weighted by Crippen LogP contribution is -2.09. The third-order valence-electron chi connectivity index (χ3n) is 1.95. The summed E-state index contributed by atoms with van der Waals surface area (Å²) in [6.07, 6.45) is 0.385. The topological polar surface area (TPSA) is 43.4 Å². The average molecular weight is 245 g/mol. The van der Waals surface area contributed by atoms with Gasteiger partial charge in [0.1, 0.15) is 12.1 Å². The summed E-state index contributed by atoms with van der Waals surface area (Å²) in [4.78, 5) is 21.9. The number of esters is 1. The third-order valence-corrected chi connectivity index (χ3v) is 2.24. The lowest BCUT2D eigenvalue weighted by atomic mass is 10.1. The molecule has 16 heavy (non-hydrogen) atoms. The van der Waals surface area contributed by atoms with Gasteiger partial charge >= 0.3 is 5.97 Å². The van der Waals surface area contributed by atoms with Crippen molar-refractivity contribution in [2.75, 3.05) is 6.61 Å². The Balaban J connectivity index is 2.98.